The number of amides is 2. The monoisotopic (exact) mass is 323 g/mol. The van der Waals surface area contributed by atoms with Crippen LogP contribution < -0.4 is 10.3 Å². The Morgan fingerprint density at radius 2 is 1.83 bits per heavy atom. The lowest BCUT2D eigenvalue weighted by molar-refractivity contribution is -0.126. The quantitative estimate of drug-likeness (QED) is 0.875. The Labute approximate surface area is 137 Å². The fourth-order valence-corrected chi connectivity index (χ4v) is 4.08. The van der Waals surface area contributed by atoms with Gasteiger partial charge >= 0.3 is 0 Å². The van der Waals surface area contributed by atoms with Crippen LogP contribution in [0.5, 0.6) is 0 Å². The molecule has 2 amide bonds. The summed E-state index contributed by atoms with van der Waals surface area (Å²) in [6, 6.07) is 17.0. The Hall–Kier alpha value is -2.60. The minimum Gasteiger partial charge on any atom is -0.279 e. The molecule has 114 valence electrons. The first-order valence-electron chi connectivity index (χ1n) is 7.17. The number of hydrogen-bond donors (Lipinski definition) is 1. The van der Waals surface area contributed by atoms with Gasteiger partial charge in [0, 0.05) is 18.1 Å². The molecule has 2 aromatic rings. The molecule has 0 radical (unpaired) electrons. The van der Waals surface area contributed by atoms with Gasteiger partial charge in [-0.15, -0.1) is 0 Å². The largest absolute Gasteiger partial charge is 0.279 e. The van der Waals surface area contributed by atoms with Gasteiger partial charge in [0.05, 0.1) is 5.69 Å². The number of imide groups is 1. The van der Waals surface area contributed by atoms with Crippen molar-refractivity contribution in [3.05, 3.63) is 65.7 Å². The summed E-state index contributed by atoms with van der Waals surface area (Å²) >= 11 is 1.34. The minimum absolute atomic E-state index is 0.296. The Morgan fingerprint density at radius 3 is 2.57 bits per heavy atom. The van der Waals surface area contributed by atoms with E-state index in [-0.39, 0.29) is 11.8 Å². The highest BCUT2D eigenvalue weighted by Gasteiger charge is 2.56. The predicted molar refractivity (Wildman–Crippen MR) is 90.0 cm³/mol. The summed E-state index contributed by atoms with van der Waals surface area (Å²) in [5.41, 5.74) is 5.30. The number of rotatable bonds is 1. The van der Waals surface area contributed by atoms with Gasteiger partial charge in [0.2, 0.25) is 10.8 Å². The molecular formula is C17H13N3O2S. The maximum Gasteiger partial charge on any atom is 0.276 e. The standard InChI is InChI=1S/C17H13N3O2S/c1-11(21)20-14-10-6-5-9-13(14)17(16(20)22)19-18-15(23-17)12-7-3-2-4-8-12/h2-10,19H,1H3. The lowest BCUT2D eigenvalue weighted by atomic mass is 10.1. The molecule has 4 rings (SSSR count). The van der Waals surface area contributed by atoms with Gasteiger partial charge in [0.1, 0.15) is 5.04 Å². The number of fused-ring (bicyclic) bond motifs is 2. The highest BCUT2D eigenvalue weighted by Crippen LogP contribution is 2.50. The molecular weight excluding hydrogens is 310 g/mol. The lowest BCUT2D eigenvalue weighted by Crippen LogP contribution is -2.45. The van der Waals surface area contributed by atoms with E-state index in [0.717, 1.165) is 16.2 Å². The highest BCUT2D eigenvalue weighted by molar-refractivity contribution is 8.16. The van der Waals surface area contributed by atoms with Gasteiger partial charge < -0.3 is 0 Å². The zero-order chi connectivity index (χ0) is 16.0. The molecule has 2 aromatic carbocycles. The van der Waals surface area contributed by atoms with Crippen LogP contribution in [-0.2, 0) is 14.5 Å². The van der Waals surface area contributed by atoms with Crippen molar-refractivity contribution in [3.63, 3.8) is 0 Å². The molecule has 2 aliphatic rings. The summed E-state index contributed by atoms with van der Waals surface area (Å²) in [6.07, 6.45) is 0. The second-order valence-electron chi connectivity index (χ2n) is 5.35. The lowest BCUT2D eigenvalue weighted by Gasteiger charge is -2.21. The van der Waals surface area contributed by atoms with E-state index in [1.807, 2.05) is 48.5 Å². The number of anilines is 1. The number of hydrogen-bond acceptors (Lipinski definition) is 5. The van der Waals surface area contributed by atoms with Gasteiger partial charge in [-0.2, -0.15) is 5.10 Å². The number of thioether (sulfide) groups is 1. The number of carbonyl (C=O) groups is 2. The van der Waals surface area contributed by atoms with E-state index >= 15 is 0 Å². The number of hydrazone groups is 1. The third-order valence-electron chi connectivity index (χ3n) is 3.93. The van der Waals surface area contributed by atoms with Crippen LogP contribution in [0.1, 0.15) is 18.1 Å². The van der Waals surface area contributed by atoms with Crippen molar-refractivity contribution in [2.24, 2.45) is 5.10 Å². The molecule has 1 atom stereocenters. The van der Waals surface area contributed by atoms with Crippen molar-refractivity contribution in [2.45, 2.75) is 11.8 Å². The maximum atomic E-state index is 13.0. The second kappa shape index (κ2) is 4.96. The summed E-state index contributed by atoms with van der Waals surface area (Å²) in [5, 5.41) is 5.09. The smallest absolute Gasteiger partial charge is 0.276 e. The average molecular weight is 323 g/mol. The first-order chi connectivity index (χ1) is 11.1. The molecule has 23 heavy (non-hydrogen) atoms. The summed E-state index contributed by atoms with van der Waals surface area (Å²) in [6.45, 7) is 1.40. The normalized spacial score (nSPS) is 22.0. The Morgan fingerprint density at radius 1 is 1.13 bits per heavy atom. The van der Waals surface area contributed by atoms with Crippen molar-refractivity contribution in [1.82, 2.24) is 5.43 Å². The van der Waals surface area contributed by atoms with E-state index in [2.05, 4.69) is 10.5 Å². The minimum atomic E-state index is -1.06. The van der Waals surface area contributed by atoms with Crippen LogP contribution in [0.4, 0.5) is 5.69 Å². The zero-order valence-electron chi connectivity index (χ0n) is 12.3. The maximum absolute atomic E-state index is 13.0. The molecule has 5 nitrogen and oxygen atoms in total. The molecule has 1 spiro atoms. The fraction of sp³-hybridized carbons (Fsp3) is 0.118. The molecule has 0 bridgehead atoms. The average Bonchev–Trinajstić information content (AvgIpc) is 3.11. The first kappa shape index (κ1) is 14.0. The van der Waals surface area contributed by atoms with Crippen LogP contribution in [0.15, 0.2) is 59.7 Å². The van der Waals surface area contributed by atoms with Crippen molar-refractivity contribution in [1.29, 1.82) is 0 Å². The van der Waals surface area contributed by atoms with Crippen LogP contribution in [0.2, 0.25) is 0 Å². The number of nitrogens with zero attached hydrogens (tertiary/aromatic N) is 2. The summed E-state index contributed by atoms with van der Waals surface area (Å²) in [5.74, 6) is -0.597. The van der Waals surface area contributed by atoms with Crippen LogP contribution in [-0.4, -0.2) is 16.9 Å². The number of benzene rings is 2. The molecule has 1 unspecified atom stereocenters. The molecule has 2 aliphatic heterocycles. The summed E-state index contributed by atoms with van der Waals surface area (Å²) in [7, 11) is 0. The molecule has 0 fully saturated rings. The van der Waals surface area contributed by atoms with Crippen molar-refractivity contribution >= 4 is 34.3 Å². The Bertz CT molecular complexity index is 850. The highest BCUT2D eigenvalue weighted by atomic mass is 32.2. The predicted octanol–water partition coefficient (Wildman–Crippen LogP) is 2.43. The Balaban J connectivity index is 1.79. The molecule has 0 aliphatic carbocycles. The molecule has 0 saturated heterocycles. The molecule has 2 heterocycles. The summed E-state index contributed by atoms with van der Waals surface area (Å²) in [4.78, 5) is 25.1. The second-order valence-corrected chi connectivity index (χ2v) is 6.56. The van der Waals surface area contributed by atoms with Crippen LogP contribution in [0, 0.1) is 0 Å². The topological polar surface area (TPSA) is 61.8 Å². The van der Waals surface area contributed by atoms with Gasteiger partial charge in [0.25, 0.3) is 5.91 Å². The molecule has 6 heteroatoms. The van der Waals surface area contributed by atoms with Gasteiger partial charge in [-0.3, -0.25) is 15.0 Å². The fourth-order valence-electron chi connectivity index (χ4n) is 2.89. The first-order valence-corrected chi connectivity index (χ1v) is 7.99. The Kier molecular flexibility index (Phi) is 3.02. The third-order valence-corrected chi connectivity index (χ3v) is 5.24. The SMILES string of the molecule is CC(=O)N1C(=O)C2(NN=C(c3ccccc3)S2)c2ccccc21. The van der Waals surface area contributed by atoms with Gasteiger partial charge in [-0.05, 0) is 6.07 Å². The van der Waals surface area contributed by atoms with Crippen LogP contribution in [0.3, 0.4) is 0 Å². The zero-order valence-corrected chi connectivity index (χ0v) is 13.1. The van der Waals surface area contributed by atoms with E-state index in [0.29, 0.717) is 5.69 Å². The molecule has 0 aromatic heterocycles. The van der Waals surface area contributed by atoms with Gasteiger partial charge in [-0.1, -0.05) is 60.3 Å². The van der Waals surface area contributed by atoms with Crippen molar-refractivity contribution in [2.75, 3.05) is 4.90 Å². The van der Waals surface area contributed by atoms with E-state index in [4.69, 9.17) is 0 Å². The third kappa shape index (κ3) is 1.91. The van der Waals surface area contributed by atoms with Crippen LogP contribution >= 0.6 is 11.8 Å². The van der Waals surface area contributed by atoms with E-state index in [9.17, 15) is 9.59 Å². The molecule has 1 N–H and O–H groups in total. The number of carbonyl (C=O) groups excluding carboxylic acids is 2. The molecule has 0 saturated carbocycles. The van der Waals surface area contributed by atoms with E-state index in [1.54, 1.807) is 6.07 Å². The van der Waals surface area contributed by atoms with E-state index in [1.165, 1.54) is 23.6 Å². The van der Waals surface area contributed by atoms with Crippen LogP contribution in [0.25, 0.3) is 0 Å². The number of para-hydroxylation sites is 1. The number of nitrogens with one attached hydrogen (secondary N) is 1. The van der Waals surface area contributed by atoms with Gasteiger partial charge in [0.15, 0.2) is 0 Å². The van der Waals surface area contributed by atoms with Gasteiger partial charge in [-0.25, -0.2) is 4.90 Å². The van der Waals surface area contributed by atoms with Crippen molar-refractivity contribution < 1.29 is 9.59 Å². The van der Waals surface area contributed by atoms with Crippen molar-refractivity contribution in [3.8, 4) is 0 Å². The van der Waals surface area contributed by atoms with E-state index < -0.39 is 4.87 Å². The summed E-state index contributed by atoms with van der Waals surface area (Å²) < 4.78 is 0.